The molecular weight excluding hydrogens is 230 g/mol. The van der Waals surface area contributed by atoms with Crippen molar-refractivity contribution in [3.05, 3.63) is 12.2 Å². The predicted molar refractivity (Wildman–Crippen MR) is 68.9 cm³/mol. The second-order valence-electron chi connectivity index (χ2n) is 5.36. The third kappa shape index (κ3) is 4.62. The number of rotatable bonds is 2. The van der Waals surface area contributed by atoms with E-state index in [4.69, 9.17) is 11.2 Å². The van der Waals surface area contributed by atoms with Gasteiger partial charge in [-0.1, -0.05) is 12.2 Å². The van der Waals surface area contributed by atoms with Gasteiger partial charge >= 0.3 is 6.09 Å². The maximum absolute atomic E-state index is 11.6. The molecule has 0 fully saturated rings. The predicted octanol–water partition coefficient (Wildman–Crippen LogP) is 2.05. The number of hydrogen-bond donors (Lipinski definition) is 1. The number of allylic oxidation sites excluding steroid dienone is 1. The maximum Gasteiger partial charge on any atom is 0.408 e. The van der Waals surface area contributed by atoms with E-state index in [1.807, 2.05) is 12.2 Å². The summed E-state index contributed by atoms with van der Waals surface area (Å²) >= 11 is 0. The fourth-order valence-corrected chi connectivity index (χ4v) is 1.79. The largest absolute Gasteiger partial charge is 0.444 e. The van der Waals surface area contributed by atoms with Gasteiger partial charge in [0.15, 0.2) is 0 Å². The first-order chi connectivity index (χ1) is 8.31. The average Bonchev–Trinajstić information content (AvgIpc) is 2.25. The Labute approximate surface area is 108 Å². The summed E-state index contributed by atoms with van der Waals surface area (Å²) in [5.74, 6) is 1.71. The molecule has 1 N–H and O–H groups in total. The number of amides is 1. The number of ether oxygens (including phenoxy) is 1. The summed E-state index contributed by atoms with van der Waals surface area (Å²) in [5.41, 5.74) is -0.531. The fourth-order valence-electron chi connectivity index (χ4n) is 1.79. The van der Waals surface area contributed by atoms with Gasteiger partial charge in [0.1, 0.15) is 5.60 Å². The van der Waals surface area contributed by atoms with Gasteiger partial charge in [0, 0.05) is 5.92 Å². The lowest BCUT2D eigenvalue weighted by Crippen LogP contribution is -2.40. The summed E-state index contributed by atoms with van der Waals surface area (Å²) in [5, 5.41) is 2.72. The van der Waals surface area contributed by atoms with E-state index < -0.39 is 11.7 Å². The van der Waals surface area contributed by atoms with Gasteiger partial charge in [0.2, 0.25) is 5.78 Å². The normalized spacial score (nSPS) is 23.0. The van der Waals surface area contributed by atoms with Crippen LogP contribution in [0, 0.1) is 18.3 Å². The number of nitrogens with one attached hydrogen (secondary N) is 1. The zero-order valence-electron chi connectivity index (χ0n) is 11.0. The van der Waals surface area contributed by atoms with Crippen LogP contribution in [0.2, 0.25) is 0 Å². The molecule has 0 radical (unpaired) electrons. The molecule has 0 heterocycles. The summed E-state index contributed by atoms with van der Waals surface area (Å²) < 4.78 is 5.15. The van der Waals surface area contributed by atoms with Gasteiger partial charge < -0.3 is 10.1 Å². The van der Waals surface area contributed by atoms with E-state index in [2.05, 4.69) is 11.2 Å². The molecule has 2 atom stereocenters. The summed E-state index contributed by atoms with van der Waals surface area (Å²) in [6, 6.07) is -0.198. The van der Waals surface area contributed by atoms with Gasteiger partial charge in [-0.05, 0) is 39.5 Å². The highest BCUT2D eigenvalue weighted by Crippen LogP contribution is 2.20. The molecule has 0 aliphatic heterocycles. The molecule has 0 saturated heterocycles. The first-order valence-electron chi connectivity index (χ1n) is 5.98. The molecule has 18 heavy (non-hydrogen) atoms. The quantitative estimate of drug-likeness (QED) is 0.463. The van der Waals surface area contributed by atoms with Crippen LogP contribution in [-0.2, 0) is 9.53 Å². The number of Topliss-reactive ketones (excluding diaryl/α,β-unsaturated/α-hetero) is 1. The van der Waals surface area contributed by atoms with Crippen LogP contribution in [-0.4, -0.2) is 23.5 Å². The van der Waals surface area contributed by atoms with Crippen LogP contribution in [0.15, 0.2) is 12.2 Å². The van der Waals surface area contributed by atoms with Crippen LogP contribution in [0.1, 0.15) is 33.6 Å². The minimum atomic E-state index is -0.531. The zero-order chi connectivity index (χ0) is 13.8. The number of ketones is 1. The molecule has 4 nitrogen and oxygen atoms in total. The van der Waals surface area contributed by atoms with E-state index in [0.717, 1.165) is 0 Å². The lowest BCUT2D eigenvalue weighted by molar-refractivity contribution is -0.117. The zero-order valence-corrected chi connectivity index (χ0v) is 11.0. The molecule has 0 unspecified atom stereocenters. The molecule has 1 aliphatic rings. The fraction of sp³-hybridized carbons (Fsp3) is 0.571. The molecular formula is C14H19NO3. The molecule has 0 saturated carbocycles. The highest BCUT2D eigenvalue weighted by Gasteiger charge is 2.25. The standard InChI is InChI=1S/C14H19NO3/c1-5-12(16)10-7-6-8-11(9-10)15-13(17)18-14(2,3)4/h1,6,8,10-11H,7,9H2,2-4H3,(H,15,17)/t10-,11-/m0/s1. The van der Waals surface area contributed by atoms with Crippen molar-refractivity contribution in [3.8, 4) is 12.3 Å². The number of hydrogen-bond acceptors (Lipinski definition) is 3. The minimum absolute atomic E-state index is 0.198. The highest BCUT2D eigenvalue weighted by atomic mass is 16.6. The van der Waals surface area contributed by atoms with Crippen LogP contribution in [0.3, 0.4) is 0 Å². The van der Waals surface area contributed by atoms with Gasteiger partial charge in [-0.15, -0.1) is 6.42 Å². The Bertz CT molecular complexity index is 398. The topological polar surface area (TPSA) is 55.4 Å². The summed E-state index contributed by atoms with van der Waals surface area (Å²) in [6.07, 6.45) is 9.51. The SMILES string of the molecule is C#CC(=O)[C@H]1CC=C[C@H](NC(=O)OC(C)(C)C)C1. The van der Waals surface area contributed by atoms with E-state index in [1.165, 1.54) is 0 Å². The number of terminal acetylenes is 1. The molecule has 0 aromatic carbocycles. The van der Waals surface area contributed by atoms with E-state index >= 15 is 0 Å². The molecule has 98 valence electrons. The molecule has 0 aromatic rings. The van der Waals surface area contributed by atoms with Gasteiger partial charge in [0.05, 0.1) is 6.04 Å². The Morgan fingerprint density at radius 3 is 2.67 bits per heavy atom. The molecule has 0 aromatic heterocycles. The van der Waals surface area contributed by atoms with Crippen LogP contribution in [0.25, 0.3) is 0 Å². The Kier molecular flexibility index (Phi) is 4.55. The number of carbonyl (C=O) groups excluding carboxylic acids is 2. The van der Waals surface area contributed by atoms with Crippen molar-refractivity contribution in [2.45, 2.75) is 45.3 Å². The van der Waals surface area contributed by atoms with Crippen molar-refractivity contribution in [2.24, 2.45) is 5.92 Å². The van der Waals surface area contributed by atoms with Crippen LogP contribution >= 0.6 is 0 Å². The first kappa shape index (κ1) is 14.3. The van der Waals surface area contributed by atoms with E-state index in [9.17, 15) is 9.59 Å². The van der Waals surface area contributed by atoms with E-state index in [1.54, 1.807) is 20.8 Å². The molecule has 1 aliphatic carbocycles. The second kappa shape index (κ2) is 5.72. The van der Waals surface area contributed by atoms with Gasteiger partial charge in [-0.3, -0.25) is 4.79 Å². The Morgan fingerprint density at radius 1 is 1.44 bits per heavy atom. The number of carbonyl (C=O) groups is 2. The molecule has 1 rings (SSSR count). The van der Waals surface area contributed by atoms with Crippen molar-refractivity contribution in [1.29, 1.82) is 0 Å². The van der Waals surface area contributed by atoms with Crippen LogP contribution in [0.5, 0.6) is 0 Å². The Morgan fingerprint density at radius 2 is 2.11 bits per heavy atom. The van der Waals surface area contributed by atoms with E-state index in [-0.39, 0.29) is 17.7 Å². The van der Waals surface area contributed by atoms with Crippen molar-refractivity contribution in [2.75, 3.05) is 0 Å². The summed E-state index contributed by atoms with van der Waals surface area (Å²) in [4.78, 5) is 23.0. The van der Waals surface area contributed by atoms with Crippen LogP contribution < -0.4 is 5.32 Å². The monoisotopic (exact) mass is 249 g/mol. The third-order valence-electron chi connectivity index (χ3n) is 2.54. The average molecular weight is 249 g/mol. The van der Waals surface area contributed by atoms with Crippen LogP contribution in [0.4, 0.5) is 4.79 Å². The maximum atomic E-state index is 11.6. The Hall–Kier alpha value is -1.76. The van der Waals surface area contributed by atoms with Crippen molar-refractivity contribution in [3.63, 3.8) is 0 Å². The minimum Gasteiger partial charge on any atom is -0.444 e. The van der Waals surface area contributed by atoms with Crippen molar-refractivity contribution >= 4 is 11.9 Å². The lowest BCUT2D eigenvalue weighted by Gasteiger charge is -2.25. The lowest BCUT2D eigenvalue weighted by atomic mass is 9.88. The van der Waals surface area contributed by atoms with E-state index in [0.29, 0.717) is 12.8 Å². The molecule has 4 heteroatoms. The summed E-state index contributed by atoms with van der Waals surface area (Å²) in [6.45, 7) is 5.40. The summed E-state index contributed by atoms with van der Waals surface area (Å²) in [7, 11) is 0. The number of alkyl carbamates (subject to hydrolysis) is 1. The smallest absolute Gasteiger partial charge is 0.408 e. The van der Waals surface area contributed by atoms with Crippen molar-refractivity contribution in [1.82, 2.24) is 5.32 Å². The van der Waals surface area contributed by atoms with Gasteiger partial charge in [0.25, 0.3) is 0 Å². The molecule has 0 spiro atoms. The van der Waals surface area contributed by atoms with Gasteiger partial charge in [-0.25, -0.2) is 4.79 Å². The van der Waals surface area contributed by atoms with Gasteiger partial charge in [-0.2, -0.15) is 0 Å². The Balaban J connectivity index is 2.52. The second-order valence-corrected chi connectivity index (χ2v) is 5.36. The molecule has 1 amide bonds. The molecule has 0 bridgehead atoms. The van der Waals surface area contributed by atoms with Crippen molar-refractivity contribution < 1.29 is 14.3 Å². The first-order valence-corrected chi connectivity index (χ1v) is 5.98. The third-order valence-corrected chi connectivity index (χ3v) is 2.54. The highest BCUT2D eigenvalue weighted by molar-refractivity contribution is 5.97.